The first-order chi connectivity index (χ1) is 12.0. The molecule has 0 aliphatic heterocycles. The van der Waals surface area contributed by atoms with Crippen molar-refractivity contribution in [2.45, 2.75) is 0 Å². The highest BCUT2D eigenvalue weighted by Crippen LogP contribution is 2.17. The van der Waals surface area contributed by atoms with E-state index in [0.29, 0.717) is 11.3 Å². The molecule has 1 amide bonds. The number of rotatable bonds is 5. The maximum absolute atomic E-state index is 12.1. The second-order valence-electron chi connectivity index (χ2n) is 5.22. The van der Waals surface area contributed by atoms with Gasteiger partial charge in [0, 0.05) is 25.4 Å². The Balaban J connectivity index is 1.64. The van der Waals surface area contributed by atoms with E-state index in [1.54, 1.807) is 6.07 Å². The maximum Gasteiger partial charge on any atom is 0.289 e. The molecule has 25 heavy (non-hydrogen) atoms. The summed E-state index contributed by atoms with van der Waals surface area (Å²) >= 11 is 0. The summed E-state index contributed by atoms with van der Waals surface area (Å²) in [5, 5.41) is 21.2. The maximum atomic E-state index is 12.1. The summed E-state index contributed by atoms with van der Waals surface area (Å²) in [5.74, 6) is -0.439. The van der Waals surface area contributed by atoms with Crippen LogP contribution in [0.1, 0.15) is 16.1 Å². The third-order valence-corrected chi connectivity index (χ3v) is 3.51. The van der Waals surface area contributed by atoms with E-state index in [1.807, 2.05) is 29.9 Å². The molecule has 0 bridgehead atoms. The normalized spacial score (nSPS) is 10.9. The Morgan fingerprint density at radius 1 is 1.36 bits per heavy atom. The minimum Gasteiger partial charge on any atom is -0.349 e. The Labute approximate surface area is 142 Å². The molecule has 0 atom stereocenters. The molecule has 0 radical (unpaired) electrons. The summed E-state index contributed by atoms with van der Waals surface area (Å²) in [5.41, 5.74) is 4.80. The van der Waals surface area contributed by atoms with Gasteiger partial charge in [-0.3, -0.25) is 20.0 Å². The van der Waals surface area contributed by atoms with Crippen LogP contribution in [0.4, 0.5) is 5.69 Å². The molecular weight excluding hydrogens is 324 g/mol. The molecule has 2 heterocycles. The van der Waals surface area contributed by atoms with Crippen LogP contribution >= 0.6 is 0 Å². The highest BCUT2D eigenvalue weighted by molar-refractivity contribution is 5.94. The summed E-state index contributed by atoms with van der Waals surface area (Å²) in [4.78, 5) is 22.2. The second-order valence-corrected chi connectivity index (χ2v) is 5.22. The zero-order valence-electron chi connectivity index (χ0n) is 13.2. The van der Waals surface area contributed by atoms with Gasteiger partial charge in [-0.1, -0.05) is 0 Å². The number of aromatic nitrogens is 3. The number of carbonyl (C=O) groups is 1. The van der Waals surface area contributed by atoms with E-state index in [4.69, 9.17) is 0 Å². The molecule has 0 fully saturated rings. The number of hydrogen-bond acceptors (Lipinski definition) is 5. The number of amides is 1. The number of aromatic amines is 1. The number of non-ortho nitro benzene ring substituents is 1. The van der Waals surface area contributed by atoms with E-state index in [-0.39, 0.29) is 11.4 Å². The molecule has 3 rings (SSSR count). The van der Waals surface area contributed by atoms with Crippen LogP contribution in [0.5, 0.6) is 0 Å². The molecule has 9 heteroatoms. The second kappa shape index (κ2) is 6.79. The minimum absolute atomic E-state index is 0.00755. The average molecular weight is 338 g/mol. The van der Waals surface area contributed by atoms with Crippen LogP contribution in [-0.4, -0.2) is 31.8 Å². The number of aryl methyl sites for hydroxylation is 1. The molecule has 2 aromatic heterocycles. The van der Waals surface area contributed by atoms with Gasteiger partial charge in [-0.2, -0.15) is 10.2 Å². The van der Waals surface area contributed by atoms with Gasteiger partial charge in [-0.05, 0) is 35.9 Å². The van der Waals surface area contributed by atoms with E-state index in [9.17, 15) is 14.9 Å². The lowest BCUT2D eigenvalue weighted by Gasteiger charge is -1.97. The van der Waals surface area contributed by atoms with Crippen molar-refractivity contribution in [1.29, 1.82) is 0 Å². The smallest absolute Gasteiger partial charge is 0.289 e. The average Bonchev–Trinajstić information content (AvgIpc) is 3.24. The van der Waals surface area contributed by atoms with Crippen LogP contribution in [0.15, 0.2) is 53.8 Å². The SMILES string of the molecule is Cn1cccc1-c1cc(C(=O)N/N=C\c2ccc([N+](=O)[O-])cc2)[nH]n1. The van der Waals surface area contributed by atoms with Crippen molar-refractivity contribution in [3.8, 4) is 11.4 Å². The van der Waals surface area contributed by atoms with Crippen molar-refractivity contribution < 1.29 is 9.72 Å². The molecule has 0 spiro atoms. The Bertz CT molecular complexity index is 939. The fourth-order valence-corrected chi connectivity index (χ4v) is 2.20. The number of H-pyrrole nitrogens is 1. The first kappa shape index (κ1) is 16.1. The van der Waals surface area contributed by atoms with Gasteiger partial charge in [-0.15, -0.1) is 0 Å². The standard InChI is InChI=1S/C16H14N6O3/c1-21-8-2-3-15(21)13-9-14(19-18-13)16(23)20-17-10-11-4-6-12(7-5-11)22(24)25/h2-10H,1H3,(H,18,19)(H,20,23)/b17-10-. The number of hydrazone groups is 1. The molecule has 0 aliphatic rings. The first-order valence-corrected chi connectivity index (χ1v) is 7.29. The number of carbonyl (C=O) groups excluding carboxylic acids is 1. The zero-order chi connectivity index (χ0) is 17.8. The number of hydrogen-bond donors (Lipinski definition) is 2. The van der Waals surface area contributed by atoms with E-state index in [2.05, 4.69) is 20.7 Å². The monoisotopic (exact) mass is 338 g/mol. The van der Waals surface area contributed by atoms with Crippen molar-refractivity contribution in [3.05, 3.63) is 70.0 Å². The lowest BCUT2D eigenvalue weighted by molar-refractivity contribution is -0.384. The summed E-state index contributed by atoms with van der Waals surface area (Å²) in [7, 11) is 1.89. The quantitative estimate of drug-likeness (QED) is 0.420. The number of nitro benzene ring substituents is 1. The van der Waals surface area contributed by atoms with E-state index in [1.165, 1.54) is 30.5 Å². The molecule has 0 saturated heterocycles. The number of nitro groups is 1. The summed E-state index contributed by atoms with van der Waals surface area (Å²) in [6.45, 7) is 0. The number of nitrogens with zero attached hydrogens (tertiary/aromatic N) is 4. The van der Waals surface area contributed by atoms with Crippen LogP contribution in [0.2, 0.25) is 0 Å². The van der Waals surface area contributed by atoms with Crippen LogP contribution in [0, 0.1) is 10.1 Å². The van der Waals surface area contributed by atoms with Crippen molar-refractivity contribution in [3.63, 3.8) is 0 Å². The highest BCUT2D eigenvalue weighted by atomic mass is 16.6. The first-order valence-electron chi connectivity index (χ1n) is 7.29. The van der Waals surface area contributed by atoms with Crippen LogP contribution in [0.25, 0.3) is 11.4 Å². The Morgan fingerprint density at radius 2 is 2.12 bits per heavy atom. The van der Waals surface area contributed by atoms with Gasteiger partial charge >= 0.3 is 0 Å². The molecule has 9 nitrogen and oxygen atoms in total. The van der Waals surface area contributed by atoms with Crippen molar-refractivity contribution in [1.82, 2.24) is 20.2 Å². The molecule has 0 aliphatic carbocycles. The number of nitrogens with one attached hydrogen (secondary N) is 2. The summed E-state index contributed by atoms with van der Waals surface area (Å²) < 4.78 is 1.89. The lowest BCUT2D eigenvalue weighted by Crippen LogP contribution is -2.18. The fourth-order valence-electron chi connectivity index (χ4n) is 2.20. The lowest BCUT2D eigenvalue weighted by atomic mass is 10.2. The zero-order valence-corrected chi connectivity index (χ0v) is 13.2. The van der Waals surface area contributed by atoms with Gasteiger partial charge in [0.05, 0.1) is 16.8 Å². The predicted octanol–water partition coefficient (Wildman–Crippen LogP) is 2.09. The molecule has 0 saturated carbocycles. The van der Waals surface area contributed by atoms with E-state index >= 15 is 0 Å². The molecular formula is C16H14N6O3. The minimum atomic E-state index is -0.481. The van der Waals surface area contributed by atoms with E-state index in [0.717, 1.165) is 5.69 Å². The summed E-state index contributed by atoms with van der Waals surface area (Å²) in [6, 6.07) is 11.2. The molecule has 2 N–H and O–H groups in total. The van der Waals surface area contributed by atoms with Gasteiger partial charge < -0.3 is 4.57 Å². The Morgan fingerprint density at radius 3 is 2.76 bits per heavy atom. The fraction of sp³-hybridized carbons (Fsp3) is 0.0625. The Hall–Kier alpha value is -3.75. The van der Waals surface area contributed by atoms with Crippen LogP contribution < -0.4 is 5.43 Å². The van der Waals surface area contributed by atoms with Crippen LogP contribution in [-0.2, 0) is 7.05 Å². The predicted molar refractivity (Wildman–Crippen MR) is 91.2 cm³/mol. The van der Waals surface area contributed by atoms with Crippen LogP contribution in [0.3, 0.4) is 0 Å². The molecule has 3 aromatic rings. The molecule has 0 unspecified atom stereocenters. The van der Waals surface area contributed by atoms with Crippen molar-refractivity contribution in [2.24, 2.45) is 12.1 Å². The van der Waals surface area contributed by atoms with Gasteiger partial charge in [0.2, 0.25) is 0 Å². The third-order valence-electron chi connectivity index (χ3n) is 3.51. The number of benzene rings is 1. The van der Waals surface area contributed by atoms with Gasteiger partial charge in [-0.25, -0.2) is 5.43 Å². The van der Waals surface area contributed by atoms with Gasteiger partial charge in [0.25, 0.3) is 11.6 Å². The Kier molecular flexibility index (Phi) is 4.38. The molecule has 1 aromatic carbocycles. The highest BCUT2D eigenvalue weighted by Gasteiger charge is 2.11. The van der Waals surface area contributed by atoms with Crippen molar-refractivity contribution >= 4 is 17.8 Å². The van der Waals surface area contributed by atoms with Gasteiger partial charge in [0.15, 0.2) is 0 Å². The van der Waals surface area contributed by atoms with Gasteiger partial charge in [0.1, 0.15) is 11.4 Å². The molecule has 126 valence electrons. The van der Waals surface area contributed by atoms with E-state index < -0.39 is 10.8 Å². The third kappa shape index (κ3) is 3.61. The summed E-state index contributed by atoms with van der Waals surface area (Å²) in [6.07, 6.45) is 3.29. The largest absolute Gasteiger partial charge is 0.349 e. The topological polar surface area (TPSA) is 118 Å². The van der Waals surface area contributed by atoms with Crippen molar-refractivity contribution in [2.75, 3.05) is 0 Å².